The predicted molar refractivity (Wildman–Crippen MR) is 104 cm³/mol. The zero-order valence-corrected chi connectivity index (χ0v) is 16.6. The maximum absolute atomic E-state index is 12.5. The van der Waals surface area contributed by atoms with Gasteiger partial charge in [-0.15, -0.1) is 0 Å². The zero-order chi connectivity index (χ0) is 18.2. The zero-order valence-electron chi connectivity index (χ0n) is 16.6. The van der Waals surface area contributed by atoms with Crippen LogP contribution in [-0.4, -0.2) is 73.5 Å². The van der Waals surface area contributed by atoms with Gasteiger partial charge in [0.2, 0.25) is 5.91 Å². The van der Waals surface area contributed by atoms with Crippen molar-refractivity contribution in [1.29, 1.82) is 0 Å². The Bertz CT molecular complexity index is 445. The summed E-state index contributed by atoms with van der Waals surface area (Å²) in [5.74, 6) is 1.51. The molecule has 0 aromatic carbocycles. The predicted octanol–water partition coefficient (Wildman–Crippen LogP) is 1.67. The summed E-state index contributed by atoms with van der Waals surface area (Å²) in [6.07, 6.45) is 5.61. The van der Waals surface area contributed by atoms with Crippen LogP contribution in [-0.2, 0) is 4.79 Å². The maximum atomic E-state index is 12.5. The first-order valence-electron chi connectivity index (χ1n) is 10.0. The van der Waals surface area contributed by atoms with Crippen molar-refractivity contribution in [2.24, 2.45) is 10.9 Å². The number of rotatable bonds is 7. The standard InChI is InChI=1S/C19H37N5O/c1-5-23(15(2)3)13-11-21-19(20-4)22-17-10-12-24(14-17)18(25)16-8-6-7-9-16/h15-17H,5-14H2,1-4H3,(H2,20,21,22). The molecule has 144 valence electrons. The van der Waals surface area contributed by atoms with Crippen LogP contribution >= 0.6 is 0 Å². The van der Waals surface area contributed by atoms with Crippen LogP contribution < -0.4 is 10.6 Å². The van der Waals surface area contributed by atoms with Crippen molar-refractivity contribution in [2.75, 3.05) is 39.8 Å². The Hall–Kier alpha value is -1.30. The minimum atomic E-state index is 0.284. The molecule has 2 rings (SSSR count). The van der Waals surface area contributed by atoms with Crippen LogP contribution in [0.3, 0.4) is 0 Å². The van der Waals surface area contributed by atoms with Gasteiger partial charge in [-0.05, 0) is 39.7 Å². The minimum absolute atomic E-state index is 0.284. The summed E-state index contributed by atoms with van der Waals surface area (Å²) in [7, 11) is 1.81. The highest BCUT2D eigenvalue weighted by molar-refractivity contribution is 5.81. The molecule has 1 aliphatic carbocycles. The molecule has 6 heteroatoms. The molecule has 1 atom stereocenters. The third-order valence-electron chi connectivity index (χ3n) is 5.60. The number of likely N-dealkylation sites (N-methyl/N-ethyl adjacent to an activating group) is 1. The molecule has 6 nitrogen and oxygen atoms in total. The average molecular weight is 352 g/mol. The number of carbonyl (C=O) groups is 1. The van der Waals surface area contributed by atoms with Gasteiger partial charge in [0.1, 0.15) is 0 Å². The van der Waals surface area contributed by atoms with Gasteiger partial charge in [0, 0.05) is 51.2 Å². The molecule has 0 aromatic heterocycles. The lowest BCUT2D eigenvalue weighted by Gasteiger charge is -2.25. The van der Waals surface area contributed by atoms with Crippen molar-refractivity contribution in [3.05, 3.63) is 0 Å². The molecule has 0 spiro atoms. The fourth-order valence-corrected chi connectivity index (χ4v) is 4.00. The average Bonchev–Trinajstić information content (AvgIpc) is 3.28. The fraction of sp³-hybridized carbons (Fsp3) is 0.895. The van der Waals surface area contributed by atoms with Crippen LogP contribution in [0.5, 0.6) is 0 Å². The van der Waals surface area contributed by atoms with E-state index in [1.54, 1.807) is 0 Å². The summed E-state index contributed by atoms with van der Waals surface area (Å²) in [6, 6.07) is 0.871. The van der Waals surface area contributed by atoms with Gasteiger partial charge in [0.15, 0.2) is 5.96 Å². The SMILES string of the molecule is CCN(CCNC(=NC)NC1CCN(C(=O)C2CCCC2)C1)C(C)C. The summed E-state index contributed by atoms with van der Waals surface area (Å²) in [5.41, 5.74) is 0. The molecule has 1 aliphatic heterocycles. The maximum Gasteiger partial charge on any atom is 0.225 e. The van der Waals surface area contributed by atoms with E-state index in [4.69, 9.17) is 0 Å². The third-order valence-corrected chi connectivity index (χ3v) is 5.60. The molecule has 25 heavy (non-hydrogen) atoms. The monoisotopic (exact) mass is 351 g/mol. The van der Waals surface area contributed by atoms with Crippen LogP contribution in [0.15, 0.2) is 4.99 Å². The summed E-state index contributed by atoms with van der Waals surface area (Å²) < 4.78 is 0. The second kappa shape index (κ2) is 10.00. The molecule has 1 unspecified atom stereocenters. The van der Waals surface area contributed by atoms with Crippen molar-refractivity contribution < 1.29 is 4.79 Å². The first kappa shape index (κ1) is 20.0. The summed E-state index contributed by atoms with van der Waals surface area (Å²) >= 11 is 0. The molecule has 2 aliphatic rings. The topological polar surface area (TPSA) is 60.0 Å². The van der Waals surface area contributed by atoms with E-state index < -0.39 is 0 Å². The van der Waals surface area contributed by atoms with Gasteiger partial charge >= 0.3 is 0 Å². The molecule has 0 radical (unpaired) electrons. The first-order chi connectivity index (χ1) is 12.0. The Morgan fingerprint density at radius 1 is 1.28 bits per heavy atom. The van der Waals surface area contributed by atoms with E-state index in [9.17, 15) is 4.79 Å². The number of nitrogens with zero attached hydrogens (tertiary/aromatic N) is 3. The molecule has 0 aromatic rings. The van der Waals surface area contributed by atoms with Gasteiger partial charge in [-0.1, -0.05) is 19.8 Å². The quantitative estimate of drug-likeness (QED) is 0.541. The molecule has 2 fully saturated rings. The largest absolute Gasteiger partial charge is 0.355 e. The Balaban J connectivity index is 1.72. The highest BCUT2D eigenvalue weighted by Gasteiger charge is 2.32. The van der Waals surface area contributed by atoms with Crippen LogP contribution in [0.2, 0.25) is 0 Å². The van der Waals surface area contributed by atoms with E-state index in [1.807, 2.05) is 7.05 Å². The van der Waals surface area contributed by atoms with Crippen LogP contribution in [0.4, 0.5) is 0 Å². The minimum Gasteiger partial charge on any atom is -0.355 e. The smallest absolute Gasteiger partial charge is 0.225 e. The van der Waals surface area contributed by atoms with Gasteiger partial charge in [-0.3, -0.25) is 14.7 Å². The number of guanidine groups is 1. The summed E-state index contributed by atoms with van der Waals surface area (Å²) in [5, 5.41) is 6.90. The number of amides is 1. The Morgan fingerprint density at radius 3 is 2.60 bits per heavy atom. The number of nitrogens with one attached hydrogen (secondary N) is 2. The number of aliphatic imine (C=N–C) groups is 1. The van der Waals surface area contributed by atoms with E-state index in [0.717, 1.165) is 57.9 Å². The van der Waals surface area contributed by atoms with Gasteiger partial charge < -0.3 is 15.5 Å². The number of hydrogen-bond donors (Lipinski definition) is 2. The lowest BCUT2D eigenvalue weighted by atomic mass is 10.1. The van der Waals surface area contributed by atoms with Crippen molar-refractivity contribution in [1.82, 2.24) is 20.4 Å². The molecule has 1 saturated heterocycles. The summed E-state index contributed by atoms with van der Waals surface area (Å²) in [6.45, 7) is 11.3. The second-order valence-corrected chi connectivity index (χ2v) is 7.62. The summed E-state index contributed by atoms with van der Waals surface area (Å²) in [4.78, 5) is 21.4. The second-order valence-electron chi connectivity index (χ2n) is 7.62. The van der Waals surface area contributed by atoms with E-state index in [-0.39, 0.29) is 5.92 Å². The van der Waals surface area contributed by atoms with Gasteiger partial charge in [-0.2, -0.15) is 0 Å². The van der Waals surface area contributed by atoms with E-state index in [2.05, 4.69) is 46.2 Å². The van der Waals surface area contributed by atoms with Gasteiger partial charge in [0.05, 0.1) is 0 Å². The first-order valence-corrected chi connectivity index (χ1v) is 10.0. The van der Waals surface area contributed by atoms with E-state index in [0.29, 0.717) is 18.0 Å². The normalized spacial score (nSPS) is 22.2. The van der Waals surface area contributed by atoms with Crippen molar-refractivity contribution in [2.45, 2.75) is 65.0 Å². The molecule has 1 amide bonds. The van der Waals surface area contributed by atoms with E-state index in [1.165, 1.54) is 12.8 Å². The van der Waals surface area contributed by atoms with Crippen molar-refractivity contribution >= 4 is 11.9 Å². The molecule has 1 heterocycles. The molecule has 0 bridgehead atoms. The lowest BCUT2D eigenvalue weighted by Crippen LogP contribution is -2.47. The van der Waals surface area contributed by atoms with Crippen molar-refractivity contribution in [3.63, 3.8) is 0 Å². The van der Waals surface area contributed by atoms with Gasteiger partial charge in [-0.25, -0.2) is 0 Å². The molecular formula is C19H37N5O. The van der Waals surface area contributed by atoms with Crippen LogP contribution in [0, 0.1) is 5.92 Å². The fourth-order valence-electron chi connectivity index (χ4n) is 4.00. The molecular weight excluding hydrogens is 314 g/mol. The van der Waals surface area contributed by atoms with E-state index >= 15 is 0 Å². The molecule has 2 N–H and O–H groups in total. The number of carbonyl (C=O) groups excluding carboxylic acids is 1. The lowest BCUT2D eigenvalue weighted by molar-refractivity contribution is -0.134. The number of likely N-dealkylation sites (tertiary alicyclic amines) is 1. The molecule has 1 saturated carbocycles. The number of hydrogen-bond acceptors (Lipinski definition) is 3. The Labute approximate surface area is 153 Å². The Morgan fingerprint density at radius 2 is 2.00 bits per heavy atom. The van der Waals surface area contributed by atoms with Crippen LogP contribution in [0.1, 0.15) is 52.9 Å². The highest BCUT2D eigenvalue weighted by atomic mass is 16.2. The van der Waals surface area contributed by atoms with Crippen molar-refractivity contribution in [3.8, 4) is 0 Å². The third kappa shape index (κ3) is 5.87. The van der Waals surface area contributed by atoms with Crippen LogP contribution in [0.25, 0.3) is 0 Å². The Kier molecular flexibility index (Phi) is 8.00. The highest BCUT2D eigenvalue weighted by Crippen LogP contribution is 2.27. The van der Waals surface area contributed by atoms with Gasteiger partial charge in [0.25, 0.3) is 0 Å².